The molecule has 3 N–H and O–H groups in total. The Hall–Kier alpha value is -1.29. The molecule has 0 saturated carbocycles. The number of nitrogens with one attached hydrogen (secondary N) is 1. The number of nitrogens with zero attached hydrogens (tertiary/aromatic N) is 2. The third-order valence-corrected chi connectivity index (χ3v) is 3.27. The minimum absolute atomic E-state index is 0.533. The Morgan fingerprint density at radius 3 is 2.69 bits per heavy atom. The standard InChI is InChI=1S/C12H20N4/c1-9-5-3-6-10(2)16(9)15-12-11(13)7-4-8-14-12/h4,7-10H,3,5-6,13H2,1-2H3,(H,14,15). The SMILES string of the molecule is CC1CCCC(C)N1Nc1ncccc1N. The highest BCUT2D eigenvalue weighted by molar-refractivity contribution is 5.59. The molecule has 2 heterocycles. The van der Waals surface area contributed by atoms with Gasteiger partial charge in [-0.3, -0.25) is 0 Å². The van der Waals surface area contributed by atoms with Crippen LogP contribution < -0.4 is 11.2 Å². The molecule has 2 unspecified atom stereocenters. The topological polar surface area (TPSA) is 54.2 Å². The Labute approximate surface area is 96.8 Å². The van der Waals surface area contributed by atoms with Crippen molar-refractivity contribution in [2.24, 2.45) is 0 Å². The van der Waals surface area contributed by atoms with Gasteiger partial charge in [0.1, 0.15) is 0 Å². The van der Waals surface area contributed by atoms with Crippen LogP contribution in [0.1, 0.15) is 33.1 Å². The lowest BCUT2D eigenvalue weighted by molar-refractivity contribution is 0.135. The quantitative estimate of drug-likeness (QED) is 0.802. The van der Waals surface area contributed by atoms with Crippen molar-refractivity contribution in [3.05, 3.63) is 18.3 Å². The van der Waals surface area contributed by atoms with Gasteiger partial charge in [-0.2, -0.15) is 0 Å². The van der Waals surface area contributed by atoms with E-state index < -0.39 is 0 Å². The van der Waals surface area contributed by atoms with Crippen LogP contribution in [0.4, 0.5) is 11.5 Å². The Morgan fingerprint density at radius 1 is 1.38 bits per heavy atom. The van der Waals surface area contributed by atoms with E-state index in [0.717, 1.165) is 5.82 Å². The lowest BCUT2D eigenvalue weighted by atomic mass is 10.00. The van der Waals surface area contributed by atoms with Gasteiger partial charge in [0.15, 0.2) is 5.82 Å². The molecule has 1 aromatic heterocycles. The van der Waals surface area contributed by atoms with Gasteiger partial charge >= 0.3 is 0 Å². The maximum Gasteiger partial charge on any atom is 0.163 e. The first-order valence-electron chi connectivity index (χ1n) is 5.94. The fourth-order valence-corrected chi connectivity index (χ4v) is 2.28. The molecule has 1 aromatic rings. The maximum atomic E-state index is 5.88. The minimum atomic E-state index is 0.533. The van der Waals surface area contributed by atoms with Gasteiger partial charge in [-0.25, -0.2) is 9.99 Å². The number of piperidine rings is 1. The lowest BCUT2D eigenvalue weighted by Gasteiger charge is -2.39. The van der Waals surface area contributed by atoms with Gasteiger partial charge in [0.05, 0.1) is 5.69 Å². The molecule has 0 amide bonds. The van der Waals surface area contributed by atoms with Crippen LogP contribution >= 0.6 is 0 Å². The lowest BCUT2D eigenvalue weighted by Crippen LogP contribution is -2.47. The van der Waals surface area contributed by atoms with Crippen molar-refractivity contribution in [2.75, 3.05) is 11.2 Å². The highest BCUT2D eigenvalue weighted by atomic mass is 15.5. The fraction of sp³-hybridized carbons (Fsp3) is 0.583. The molecule has 0 spiro atoms. The van der Waals surface area contributed by atoms with Gasteiger partial charge in [-0.05, 0) is 38.8 Å². The molecule has 1 aliphatic rings. The van der Waals surface area contributed by atoms with Crippen LogP contribution in [-0.4, -0.2) is 22.1 Å². The predicted octanol–water partition coefficient (Wildman–Crippen LogP) is 2.25. The summed E-state index contributed by atoms with van der Waals surface area (Å²) in [4.78, 5) is 4.26. The van der Waals surface area contributed by atoms with Crippen LogP contribution in [0.25, 0.3) is 0 Å². The molecular weight excluding hydrogens is 200 g/mol. The summed E-state index contributed by atoms with van der Waals surface area (Å²) in [5.41, 5.74) is 9.92. The number of hydrogen-bond donors (Lipinski definition) is 2. The second-order valence-corrected chi connectivity index (χ2v) is 4.59. The maximum absolute atomic E-state index is 5.88. The summed E-state index contributed by atoms with van der Waals surface area (Å²) in [6, 6.07) is 4.79. The van der Waals surface area contributed by atoms with E-state index in [1.54, 1.807) is 6.20 Å². The number of anilines is 2. The van der Waals surface area contributed by atoms with E-state index in [9.17, 15) is 0 Å². The molecule has 0 radical (unpaired) electrons. The summed E-state index contributed by atoms with van der Waals surface area (Å²) in [5, 5.41) is 2.27. The van der Waals surface area contributed by atoms with Gasteiger partial charge < -0.3 is 11.2 Å². The van der Waals surface area contributed by atoms with Gasteiger partial charge in [0.25, 0.3) is 0 Å². The monoisotopic (exact) mass is 220 g/mol. The molecule has 2 rings (SSSR count). The third kappa shape index (κ3) is 2.27. The zero-order valence-electron chi connectivity index (χ0n) is 9.98. The zero-order chi connectivity index (χ0) is 11.5. The van der Waals surface area contributed by atoms with Crippen molar-refractivity contribution in [3.63, 3.8) is 0 Å². The highest BCUT2D eigenvalue weighted by Gasteiger charge is 2.25. The second-order valence-electron chi connectivity index (χ2n) is 4.59. The van der Waals surface area contributed by atoms with Crippen LogP contribution in [0.15, 0.2) is 18.3 Å². The zero-order valence-corrected chi connectivity index (χ0v) is 9.98. The van der Waals surface area contributed by atoms with Crippen molar-refractivity contribution in [2.45, 2.75) is 45.2 Å². The molecular formula is C12H20N4. The van der Waals surface area contributed by atoms with E-state index in [4.69, 9.17) is 5.73 Å². The van der Waals surface area contributed by atoms with E-state index >= 15 is 0 Å². The van der Waals surface area contributed by atoms with E-state index in [0.29, 0.717) is 17.8 Å². The molecule has 4 nitrogen and oxygen atoms in total. The number of hydrogen-bond acceptors (Lipinski definition) is 4. The second kappa shape index (κ2) is 4.70. The minimum Gasteiger partial charge on any atom is -0.396 e. The molecule has 16 heavy (non-hydrogen) atoms. The normalized spacial score (nSPS) is 26.6. The van der Waals surface area contributed by atoms with Crippen LogP contribution in [-0.2, 0) is 0 Å². The van der Waals surface area contributed by atoms with E-state index in [2.05, 4.69) is 29.3 Å². The Balaban J connectivity index is 2.11. The van der Waals surface area contributed by atoms with Crippen LogP contribution in [0.5, 0.6) is 0 Å². The van der Waals surface area contributed by atoms with Gasteiger partial charge in [0.2, 0.25) is 0 Å². The molecule has 0 aromatic carbocycles. The van der Waals surface area contributed by atoms with Crippen molar-refractivity contribution in [3.8, 4) is 0 Å². The van der Waals surface area contributed by atoms with Gasteiger partial charge in [-0.15, -0.1) is 0 Å². The van der Waals surface area contributed by atoms with E-state index in [-0.39, 0.29) is 0 Å². The summed E-state index contributed by atoms with van der Waals surface area (Å²) in [7, 11) is 0. The summed E-state index contributed by atoms with van der Waals surface area (Å²) >= 11 is 0. The summed E-state index contributed by atoms with van der Waals surface area (Å²) in [6.45, 7) is 4.48. The van der Waals surface area contributed by atoms with Crippen molar-refractivity contribution < 1.29 is 0 Å². The first-order valence-corrected chi connectivity index (χ1v) is 5.94. The van der Waals surface area contributed by atoms with E-state index in [1.807, 2.05) is 12.1 Å². The predicted molar refractivity (Wildman–Crippen MR) is 66.9 cm³/mol. The number of nitrogens with two attached hydrogens (primary N) is 1. The molecule has 0 aliphatic carbocycles. The molecule has 1 fully saturated rings. The first-order chi connectivity index (χ1) is 7.68. The molecule has 1 saturated heterocycles. The highest BCUT2D eigenvalue weighted by Crippen LogP contribution is 2.24. The van der Waals surface area contributed by atoms with Crippen LogP contribution in [0.3, 0.4) is 0 Å². The molecule has 1 aliphatic heterocycles. The number of hydrazine groups is 1. The van der Waals surface area contributed by atoms with E-state index in [1.165, 1.54) is 19.3 Å². The number of pyridine rings is 1. The smallest absolute Gasteiger partial charge is 0.163 e. The first kappa shape index (κ1) is 11.2. The van der Waals surface area contributed by atoms with Gasteiger partial charge in [-0.1, -0.05) is 6.42 Å². The average molecular weight is 220 g/mol. The third-order valence-electron chi connectivity index (χ3n) is 3.27. The molecule has 0 bridgehead atoms. The van der Waals surface area contributed by atoms with Crippen LogP contribution in [0.2, 0.25) is 0 Å². The van der Waals surface area contributed by atoms with Gasteiger partial charge in [0, 0.05) is 18.3 Å². The van der Waals surface area contributed by atoms with Crippen molar-refractivity contribution in [1.29, 1.82) is 0 Å². The van der Waals surface area contributed by atoms with Crippen LogP contribution in [0, 0.1) is 0 Å². The molecule has 88 valence electrons. The Morgan fingerprint density at radius 2 is 2.06 bits per heavy atom. The summed E-state index contributed by atoms with van der Waals surface area (Å²) < 4.78 is 0. The Bertz CT molecular complexity index is 343. The molecule has 2 atom stereocenters. The van der Waals surface area contributed by atoms with Crippen molar-refractivity contribution >= 4 is 11.5 Å². The fourth-order valence-electron chi connectivity index (χ4n) is 2.28. The summed E-state index contributed by atoms with van der Waals surface area (Å²) in [6.07, 6.45) is 5.52. The van der Waals surface area contributed by atoms with Crippen molar-refractivity contribution in [1.82, 2.24) is 9.99 Å². The number of nitrogen functional groups attached to an aromatic ring is 1. The largest absolute Gasteiger partial charge is 0.396 e. The number of aromatic nitrogens is 1. The molecule has 4 heteroatoms. The average Bonchev–Trinajstić information content (AvgIpc) is 2.26. The number of rotatable bonds is 2. The summed E-state index contributed by atoms with van der Waals surface area (Å²) in [5.74, 6) is 0.767. The Kier molecular flexibility index (Phi) is 3.29.